The van der Waals surface area contributed by atoms with E-state index in [1.54, 1.807) is 11.1 Å². The van der Waals surface area contributed by atoms with Gasteiger partial charge in [-0.1, -0.05) is 24.3 Å². The second-order valence-electron chi connectivity index (χ2n) is 3.76. The van der Waals surface area contributed by atoms with E-state index in [1.807, 2.05) is 0 Å². The largest absolute Gasteiger partial charge is 0.0620 e. The van der Waals surface area contributed by atoms with E-state index in [9.17, 15) is 0 Å². The van der Waals surface area contributed by atoms with Crippen molar-refractivity contribution in [2.45, 2.75) is 12.3 Å². The van der Waals surface area contributed by atoms with Gasteiger partial charge in [0.1, 0.15) is 0 Å². The van der Waals surface area contributed by atoms with Crippen molar-refractivity contribution in [1.82, 2.24) is 0 Å². The van der Waals surface area contributed by atoms with E-state index in [-0.39, 0.29) is 0 Å². The molecule has 1 radical (unpaired) electrons. The maximum Gasteiger partial charge on any atom is -0.00935 e. The summed E-state index contributed by atoms with van der Waals surface area (Å²) in [7, 11) is 0. The molecule has 0 aliphatic heterocycles. The predicted molar refractivity (Wildman–Crippen MR) is 45.2 cm³/mol. The van der Waals surface area contributed by atoms with E-state index in [0.29, 0.717) is 0 Å². The van der Waals surface area contributed by atoms with E-state index < -0.39 is 0 Å². The molecule has 1 aromatic rings. The average Bonchev–Trinajstić information content (AvgIpc) is 2.55. The maximum atomic E-state index is 4.13. The zero-order chi connectivity index (χ0) is 7.42. The first-order chi connectivity index (χ1) is 5.38. The maximum absolute atomic E-state index is 4.13. The molecular formula is C11H11. The zero-order valence-electron chi connectivity index (χ0n) is 6.46. The van der Waals surface area contributed by atoms with Crippen LogP contribution in [-0.4, -0.2) is 0 Å². The summed E-state index contributed by atoms with van der Waals surface area (Å²) < 4.78 is 0. The monoisotopic (exact) mass is 143 g/mol. The van der Waals surface area contributed by atoms with Gasteiger partial charge in [-0.15, -0.1) is 0 Å². The molecule has 0 spiro atoms. The molecule has 3 rings (SSSR count). The lowest BCUT2D eigenvalue weighted by Crippen LogP contribution is -1.89. The van der Waals surface area contributed by atoms with E-state index in [1.165, 1.54) is 6.42 Å². The van der Waals surface area contributed by atoms with Crippen LogP contribution >= 0.6 is 0 Å². The highest BCUT2D eigenvalue weighted by Crippen LogP contribution is 2.60. The first-order valence-corrected chi connectivity index (χ1v) is 4.29. The van der Waals surface area contributed by atoms with Gasteiger partial charge in [0.15, 0.2) is 0 Å². The highest BCUT2D eigenvalue weighted by Gasteiger charge is 2.52. The van der Waals surface area contributed by atoms with Gasteiger partial charge >= 0.3 is 0 Å². The second-order valence-corrected chi connectivity index (χ2v) is 3.76. The van der Waals surface area contributed by atoms with Crippen molar-refractivity contribution >= 4 is 0 Å². The summed E-state index contributed by atoms with van der Waals surface area (Å²) in [5, 5.41) is 0. The summed E-state index contributed by atoms with van der Waals surface area (Å²) in [5.74, 6) is 2.45. The zero-order valence-corrected chi connectivity index (χ0v) is 6.46. The molecule has 0 heteroatoms. The molecule has 1 saturated carbocycles. The van der Waals surface area contributed by atoms with Crippen molar-refractivity contribution in [2.24, 2.45) is 11.8 Å². The topological polar surface area (TPSA) is 0 Å². The Balaban J connectivity index is 2.13. The molecule has 0 heterocycles. The van der Waals surface area contributed by atoms with Gasteiger partial charge in [-0.05, 0) is 42.2 Å². The third-order valence-corrected chi connectivity index (χ3v) is 3.20. The summed E-state index contributed by atoms with van der Waals surface area (Å²) in [5.41, 5.74) is 3.15. The van der Waals surface area contributed by atoms with Crippen molar-refractivity contribution in [3.8, 4) is 0 Å². The lowest BCUT2D eigenvalue weighted by Gasteiger charge is -2.02. The van der Waals surface area contributed by atoms with Crippen LogP contribution in [0.3, 0.4) is 0 Å². The minimum absolute atomic E-state index is 0.727. The fourth-order valence-corrected chi connectivity index (χ4v) is 2.48. The molecule has 0 nitrogen and oxygen atoms in total. The Bertz CT molecular complexity index is 301. The van der Waals surface area contributed by atoms with Crippen molar-refractivity contribution in [1.29, 1.82) is 0 Å². The number of hydrogen-bond donors (Lipinski definition) is 0. The van der Waals surface area contributed by atoms with Gasteiger partial charge in [-0.2, -0.15) is 0 Å². The number of fused-ring (bicyclic) bond motifs is 3. The lowest BCUT2D eigenvalue weighted by atomic mass is 10.0. The van der Waals surface area contributed by atoms with Gasteiger partial charge < -0.3 is 0 Å². The summed E-state index contributed by atoms with van der Waals surface area (Å²) in [4.78, 5) is 0. The van der Waals surface area contributed by atoms with Gasteiger partial charge in [-0.3, -0.25) is 0 Å². The molecule has 55 valence electrons. The predicted octanol–water partition coefficient (Wildman–Crippen LogP) is 2.41. The van der Waals surface area contributed by atoms with E-state index in [4.69, 9.17) is 0 Å². The Kier molecular flexibility index (Phi) is 0.892. The minimum Gasteiger partial charge on any atom is -0.0620 e. The third-order valence-electron chi connectivity index (χ3n) is 3.20. The van der Waals surface area contributed by atoms with Gasteiger partial charge in [0.25, 0.3) is 0 Å². The SMILES string of the molecule is [CH2][C@H]1[C@H]2Cc3ccccc3[C@@H]12. The van der Waals surface area contributed by atoms with Crippen molar-refractivity contribution < 1.29 is 0 Å². The van der Waals surface area contributed by atoms with Crippen molar-refractivity contribution in [3.63, 3.8) is 0 Å². The molecule has 0 bridgehead atoms. The van der Waals surface area contributed by atoms with Crippen LogP contribution in [0.2, 0.25) is 0 Å². The minimum atomic E-state index is 0.727. The number of benzene rings is 1. The fourth-order valence-electron chi connectivity index (χ4n) is 2.48. The Morgan fingerprint density at radius 2 is 2.09 bits per heavy atom. The molecular weight excluding hydrogens is 132 g/mol. The third kappa shape index (κ3) is 0.604. The highest BCUT2D eigenvalue weighted by molar-refractivity contribution is 5.43. The summed E-state index contributed by atoms with van der Waals surface area (Å²) >= 11 is 0. The smallest absolute Gasteiger partial charge is 0.00935 e. The summed E-state index contributed by atoms with van der Waals surface area (Å²) in [6.07, 6.45) is 1.29. The molecule has 0 N–H and O–H groups in total. The van der Waals surface area contributed by atoms with Crippen LogP contribution in [0, 0.1) is 18.8 Å². The first kappa shape index (κ1) is 5.82. The normalized spacial score (nSPS) is 38.1. The van der Waals surface area contributed by atoms with Gasteiger partial charge in [0.05, 0.1) is 0 Å². The summed E-state index contributed by atoms with van der Waals surface area (Å²) in [6, 6.07) is 8.81. The van der Waals surface area contributed by atoms with Crippen LogP contribution in [0.25, 0.3) is 0 Å². The van der Waals surface area contributed by atoms with E-state index in [0.717, 1.165) is 17.8 Å². The number of rotatable bonds is 0. The first-order valence-electron chi connectivity index (χ1n) is 4.29. The molecule has 2 aliphatic rings. The standard InChI is InChI=1S/C11H11/c1-7-10-6-8-4-2-3-5-9(8)11(7)10/h2-5,7,10-11H,1,6H2/t7-,10+,11+/m0/s1. The molecule has 1 aromatic carbocycles. The van der Waals surface area contributed by atoms with Gasteiger partial charge in [0.2, 0.25) is 0 Å². The summed E-state index contributed by atoms with van der Waals surface area (Å²) in [6.45, 7) is 4.13. The Morgan fingerprint density at radius 3 is 3.00 bits per heavy atom. The van der Waals surface area contributed by atoms with Gasteiger partial charge in [0, 0.05) is 0 Å². The van der Waals surface area contributed by atoms with E-state index in [2.05, 4.69) is 31.2 Å². The van der Waals surface area contributed by atoms with Crippen LogP contribution in [0.1, 0.15) is 17.0 Å². The molecule has 0 amide bonds. The highest BCUT2D eigenvalue weighted by atomic mass is 14.6. The lowest BCUT2D eigenvalue weighted by molar-refractivity contribution is 0.796. The van der Waals surface area contributed by atoms with Crippen LogP contribution in [0.4, 0.5) is 0 Å². The molecule has 3 atom stereocenters. The molecule has 1 fully saturated rings. The molecule has 11 heavy (non-hydrogen) atoms. The van der Waals surface area contributed by atoms with Crippen LogP contribution in [-0.2, 0) is 6.42 Å². The molecule has 2 aliphatic carbocycles. The van der Waals surface area contributed by atoms with E-state index >= 15 is 0 Å². The molecule has 0 unspecified atom stereocenters. The van der Waals surface area contributed by atoms with Crippen LogP contribution in [0.15, 0.2) is 24.3 Å². The Hall–Kier alpha value is -0.780. The van der Waals surface area contributed by atoms with Crippen molar-refractivity contribution in [3.05, 3.63) is 42.3 Å². The quantitative estimate of drug-likeness (QED) is 0.523. The average molecular weight is 143 g/mol. The fraction of sp³-hybridized carbons (Fsp3) is 0.364. The van der Waals surface area contributed by atoms with Crippen molar-refractivity contribution in [2.75, 3.05) is 0 Å². The molecule has 0 aromatic heterocycles. The van der Waals surface area contributed by atoms with Crippen LogP contribution in [0.5, 0.6) is 0 Å². The Morgan fingerprint density at radius 1 is 1.27 bits per heavy atom. The number of hydrogen-bond acceptors (Lipinski definition) is 0. The molecule has 0 saturated heterocycles. The van der Waals surface area contributed by atoms with Crippen LogP contribution < -0.4 is 0 Å². The second kappa shape index (κ2) is 1.69. The van der Waals surface area contributed by atoms with Gasteiger partial charge in [-0.25, -0.2) is 0 Å². The Labute approximate surface area is 67.2 Å².